The second-order valence-corrected chi connectivity index (χ2v) is 9.51. The molecule has 7 heteroatoms. The van der Waals surface area contributed by atoms with Crippen LogP contribution in [0.1, 0.15) is 48.7 Å². The van der Waals surface area contributed by atoms with E-state index in [2.05, 4.69) is 12.2 Å². The van der Waals surface area contributed by atoms with Gasteiger partial charge in [0.2, 0.25) is 10.0 Å². The quantitative estimate of drug-likeness (QED) is 0.781. The molecule has 2 aromatic carbocycles. The summed E-state index contributed by atoms with van der Waals surface area (Å²) in [5, 5.41) is 2.94. The molecule has 0 spiro atoms. The summed E-state index contributed by atoms with van der Waals surface area (Å²) in [5.41, 5.74) is 1.29. The number of carbonyl (C=O) groups is 1. The van der Waals surface area contributed by atoms with Gasteiger partial charge in [0, 0.05) is 24.2 Å². The van der Waals surface area contributed by atoms with Gasteiger partial charge in [-0.2, -0.15) is 4.31 Å². The summed E-state index contributed by atoms with van der Waals surface area (Å²) in [6.45, 7) is 5.04. The van der Waals surface area contributed by atoms with Crippen molar-refractivity contribution in [2.45, 2.75) is 37.6 Å². The van der Waals surface area contributed by atoms with Crippen molar-refractivity contribution in [3.63, 3.8) is 0 Å². The standard InChI is InChI=1S/C22H28N2O4S/c1-16-7-6-14-24(15-16)29(26,27)19-12-10-18(11-13-19)22(25)23-17(2)20-8-4-5-9-21(20)28-3/h4-5,8-13,16-17H,6-7,14-15H2,1-3H3,(H,23,25)/t16-,17+/m1/s1. The highest BCUT2D eigenvalue weighted by molar-refractivity contribution is 7.89. The van der Waals surface area contributed by atoms with Crippen molar-refractivity contribution in [2.75, 3.05) is 20.2 Å². The predicted octanol–water partition coefficient (Wildman–Crippen LogP) is 3.61. The molecule has 1 saturated heterocycles. The molecule has 1 heterocycles. The Bertz CT molecular complexity index is 957. The summed E-state index contributed by atoms with van der Waals surface area (Å²) in [6, 6.07) is 13.4. The van der Waals surface area contributed by atoms with Gasteiger partial charge >= 0.3 is 0 Å². The van der Waals surface area contributed by atoms with E-state index in [4.69, 9.17) is 4.74 Å². The first-order chi connectivity index (χ1) is 13.8. The van der Waals surface area contributed by atoms with E-state index >= 15 is 0 Å². The van der Waals surface area contributed by atoms with Crippen LogP contribution in [-0.4, -0.2) is 38.8 Å². The molecule has 0 aliphatic carbocycles. The first-order valence-electron chi connectivity index (χ1n) is 9.87. The Morgan fingerprint density at radius 1 is 1.17 bits per heavy atom. The molecule has 6 nitrogen and oxygen atoms in total. The zero-order chi connectivity index (χ0) is 21.0. The molecule has 1 N–H and O–H groups in total. The Balaban J connectivity index is 1.71. The van der Waals surface area contributed by atoms with Crippen molar-refractivity contribution in [1.29, 1.82) is 0 Å². The molecule has 156 valence electrons. The number of nitrogens with zero attached hydrogens (tertiary/aromatic N) is 1. The molecular weight excluding hydrogens is 388 g/mol. The number of sulfonamides is 1. The number of nitrogens with one attached hydrogen (secondary N) is 1. The largest absolute Gasteiger partial charge is 0.496 e. The van der Waals surface area contributed by atoms with Crippen molar-refractivity contribution in [2.24, 2.45) is 5.92 Å². The van der Waals surface area contributed by atoms with E-state index in [9.17, 15) is 13.2 Å². The summed E-state index contributed by atoms with van der Waals surface area (Å²) in [6.07, 6.45) is 1.93. The molecule has 1 aliphatic heterocycles. The van der Waals surface area contributed by atoms with Crippen molar-refractivity contribution in [1.82, 2.24) is 9.62 Å². The third kappa shape index (κ3) is 4.79. The first-order valence-corrected chi connectivity index (χ1v) is 11.3. The number of hydrogen-bond acceptors (Lipinski definition) is 4. The highest BCUT2D eigenvalue weighted by Gasteiger charge is 2.28. The SMILES string of the molecule is COc1ccccc1[C@H](C)NC(=O)c1ccc(S(=O)(=O)N2CCC[C@@H](C)C2)cc1. The molecular formula is C22H28N2O4S. The second kappa shape index (κ2) is 8.97. The Labute approximate surface area is 172 Å². The highest BCUT2D eigenvalue weighted by atomic mass is 32.2. The Hall–Kier alpha value is -2.38. The number of ether oxygens (including phenoxy) is 1. The second-order valence-electron chi connectivity index (χ2n) is 7.57. The Morgan fingerprint density at radius 2 is 1.86 bits per heavy atom. The van der Waals surface area contributed by atoms with Gasteiger partial charge in [-0.05, 0) is 56.0 Å². The van der Waals surface area contributed by atoms with Crippen molar-refractivity contribution < 1.29 is 17.9 Å². The molecule has 1 amide bonds. The van der Waals surface area contributed by atoms with E-state index in [0.717, 1.165) is 18.4 Å². The minimum Gasteiger partial charge on any atom is -0.496 e. The van der Waals surface area contributed by atoms with Crippen LogP contribution in [-0.2, 0) is 10.0 Å². The summed E-state index contributed by atoms with van der Waals surface area (Å²) < 4.78 is 32.6. The van der Waals surface area contributed by atoms with Gasteiger partial charge in [0.15, 0.2) is 0 Å². The van der Waals surface area contributed by atoms with Gasteiger partial charge in [-0.15, -0.1) is 0 Å². The zero-order valence-corrected chi connectivity index (χ0v) is 17.9. The molecule has 0 saturated carbocycles. The third-order valence-electron chi connectivity index (χ3n) is 5.33. The number of carbonyl (C=O) groups excluding carboxylic acids is 1. The number of methoxy groups -OCH3 is 1. The summed E-state index contributed by atoms with van der Waals surface area (Å²) >= 11 is 0. The molecule has 29 heavy (non-hydrogen) atoms. The fourth-order valence-electron chi connectivity index (χ4n) is 3.67. The lowest BCUT2D eigenvalue weighted by Gasteiger charge is -2.30. The average molecular weight is 417 g/mol. The van der Waals surface area contributed by atoms with E-state index in [1.807, 2.05) is 31.2 Å². The maximum Gasteiger partial charge on any atom is 0.251 e. The van der Waals surface area contributed by atoms with E-state index < -0.39 is 10.0 Å². The van der Waals surface area contributed by atoms with Crippen LogP contribution in [0.3, 0.4) is 0 Å². The van der Waals surface area contributed by atoms with Crippen LogP contribution in [0.2, 0.25) is 0 Å². The van der Waals surface area contributed by atoms with Gasteiger partial charge in [0.05, 0.1) is 18.0 Å². The number of hydrogen-bond donors (Lipinski definition) is 1. The minimum atomic E-state index is -3.53. The van der Waals surface area contributed by atoms with Crippen LogP contribution in [0.4, 0.5) is 0 Å². The van der Waals surface area contributed by atoms with E-state index in [1.54, 1.807) is 23.5 Å². The topological polar surface area (TPSA) is 75.7 Å². The van der Waals surface area contributed by atoms with Crippen LogP contribution in [0.25, 0.3) is 0 Å². The van der Waals surface area contributed by atoms with Gasteiger partial charge < -0.3 is 10.1 Å². The van der Waals surface area contributed by atoms with E-state index in [-0.39, 0.29) is 16.8 Å². The number of benzene rings is 2. The van der Waals surface area contributed by atoms with E-state index in [0.29, 0.717) is 30.3 Å². The normalized spacial score (nSPS) is 18.8. The van der Waals surface area contributed by atoms with Crippen LogP contribution in [0, 0.1) is 5.92 Å². The lowest BCUT2D eigenvalue weighted by molar-refractivity contribution is 0.0939. The molecule has 0 unspecified atom stereocenters. The van der Waals surface area contributed by atoms with Crippen LogP contribution < -0.4 is 10.1 Å². The maximum atomic E-state index is 12.9. The summed E-state index contributed by atoms with van der Waals surface area (Å²) in [4.78, 5) is 12.8. The molecule has 0 aromatic heterocycles. The summed E-state index contributed by atoms with van der Waals surface area (Å²) in [5.74, 6) is 0.802. The van der Waals surface area contributed by atoms with Gasteiger partial charge in [-0.1, -0.05) is 25.1 Å². The number of para-hydroxylation sites is 1. The monoisotopic (exact) mass is 416 g/mol. The summed E-state index contributed by atoms with van der Waals surface area (Å²) in [7, 11) is -1.93. The minimum absolute atomic E-state index is 0.223. The molecule has 0 bridgehead atoms. The molecule has 2 atom stereocenters. The smallest absolute Gasteiger partial charge is 0.251 e. The van der Waals surface area contributed by atoms with E-state index in [1.165, 1.54) is 12.1 Å². The fourth-order valence-corrected chi connectivity index (χ4v) is 5.27. The highest BCUT2D eigenvalue weighted by Crippen LogP contribution is 2.26. The van der Waals surface area contributed by atoms with Crippen molar-refractivity contribution >= 4 is 15.9 Å². The third-order valence-corrected chi connectivity index (χ3v) is 7.21. The Morgan fingerprint density at radius 3 is 2.52 bits per heavy atom. The Kier molecular flexibility index (Phi) is 6.59. The lowest BCUT2D eigenvalue weighted by Crippen LogP contribution is -2.39. The van der Waals surface area contributed by atoms with Gasteiger partial charge in [-0.25, -0.2) is 8.42 Å². The fraction of sp³-hybridized carbons (Fsp3) is 0.409. The first kappa shape index (κ1) is 21.3. The molecule has 3 rings (SSSR count). The number of piperidine rings is 1. The van der Waals surface area contributed by atoms with Gasteiger partial charge in [0.25, 0.3) is 5.91 Å². The average Bonchev–Trinajstić information content (AvgIpc) is 2.73. The molecule has 0 radical (unpaired) electrons. The van der Waals surface area contributed by atoms with Gasteiger partial charge in [0.1, 0.15) is 5.75 Å². The molecule has 1 aliphatic rings. The zero-order valence-electron chi connectivity index (χ0n) is 17.1. The van der Waals surface area contributed by atoms with Crippen LogP contribution >= 0.6 is 0 Å². The van der Waals surface area contributed by atoms with Gasteiger partial charge in [-0.3, -0.25) is 4.79 Å². The predicted molar refractivity (Wildman–Crippen MR) is 112 cm³/mol. The number of amides is 1. The van der Waals surface area contributed by atoms with Crippen molar-refractivity contribution in [3.8, 4) is 5.75 Å². The van der Waals surface area contributed by atoms with Crippen LogP contribution in [0.15, 0.2) is 53.4 Å². The number of rotatable bonds is 6. The lowest BCUT2D eigenvalue weighted by atomic mass is 10.0. The maximum absolute atomic E-state index is 12.9. The van der Waals surface area contributed by atoms with Crippen LogP contribution in [0.5, 0.6) is 5.75 Å². The molecule has 2 aromatic rings. The van der Waals surface area contributed by atoms with Crippen molar-refractivity contribution in [3.05, 3.63) is 59.7 Å². The molecule has 1 fully saturated rings.